The van der Waals surface area contributed by atoms with E-state index in [1.54, 1.807) is 6.92 Å². The molecule has 0 heterocycles. The normalized spacial score (nSPS) is 14.3. The largest absolute Gasteiger partial charge is 0.480 e. The van der Waals surface area contributed by atoms with Crippen LogP contribution in [0.25, 0.3) is 0 Å². The van der Waals surface area contributed by atoms with Gasteiger partial charge in [0, 0.05) is 6.54 Å². The van der Waals surface area contributed by atoms with E-state index in [2.05, 4.69) is 17.6 Å². The summed E-state index contributed by atoms with van der Waals surface area (Å²) in [6, 6.07) is -1.15. The van der Waals surface area contributed by atoms with Crippen LogP contribution in [-0.2, 0) is 9.59 Å². The van der Waals surface area contributed by atoms with E-state index in [0.717, 1.165) is 12.8 Å². The molecule has 0 aliphatic rings. The molecule has 0 spiro atoms. The van der Waals surface area contributed by atoms with E-state index in [0.29, 0.717) is 13.0 Å². The molecule has 0 radical (unpaired) electrons. The fourth-order valence-corrected chi connectivity index (χ4v) is 1.63. The first-order chi connectivity index (χ1) is 8.38. The molecule has 1 amide bonds. The third-order valence-electron chi connectivity index (χ3n) is 2.68. The number of aliphatic carboxylic acids is 1. The summed E-state index contributed by atoms with van der Waals surface area (Å²) < 4.78 is 0. The number of carbonyl (C=O) groups excluding carboxylic acids is 1. The molecule has 2 atom stereocenters. The van der Waals surface area contributed by atoms with E-state index >= 15 is 0 Å². The molecule has 0 rings (SSSR count). The summed E-state index contributed by atoms with van der Waals surface area (Å²) in [4.78, 5) is 22.8. The van der Waals surface area contributed by atoms with Crippen molar-refractivity contribution in [1.82, 2.24) is 10.6 Å². The van der Waals surface area contributed by atoms with Gasteiger partial charge in [0.25, 0.3) is 0 Å². The highest BCUT2D eigenvalue weighted by molar-refractivity contribution is 5.82. The second-order valence-electron chi connectivity index (χ2n) is 5.05. The summed E-state index contributed by atoms with van der Waals surface area (Å²) in [6.45, 7) is 8.31. The van der Waals surface area contributed by atoms with Crippen molar-refractivity contribution >= 4 is 11.9 Å². The molecule has 0 saturated heterocycles. The first kappa shape index (κ1) is 16.9. The first-order valence-corrected chi connectivity index (χ1v) is 6.65. The van der Waals surface area contributed by atoms with Crippen molar-refractivity contribution in [1.29, 1.82) is 0 Å². The summed E-state index contributed by atoms with van der Waals surface area (Å²) in [6.07, 6.45) is 2.47. The van der Waals surface area contributed by atoms with Gasteiger partial charge in [0.05, 0.1) is 6.04 Å². The minimum absolute atomic E-state index is 0.140. The number of hydrogen-bond acceptors (Lipinski definition) is 3. The molecule has 2 unspecified atom stereocenters. The van der Waals surface area contributed by atoms with E-state index in [9.17, 15) is 9.59 Å². The Hall–Kier alpha value is -1.10. The number of rotatable bonds is 9. The van der Waals surface area contributed by atoms with Crippen LogP contribution in [0, 0.1) is 5.92 Å². The van der Waals surface area contributed by atoms with Gasteiger partial charge in [-0.1, -0.05) is 27.2 Å². The maximum Gasteiger partial charge on any atom is 0.320 e. The van der Waals surface area contributed by atoms with Crippen molar-refractivity contribution in [3.8, 4) is 0 Å². The average molecular weight is 258 g/mol. The summed E-state index contributed by atoms with van der Waals surface area (Å²) in [5.41, 5.74) is 0. The van der Waals surface area contributed by atoms with Gasteiger partial charge in [0.2, 0.25) is 5.91 Å². The lowest BCUT2D eigenvalue weighted by atomic mass is 10.0. The minimum atomic E-state index is -0.906. The van der Waals surface area contributed by atoms with Crippen molar-refractivity contribution in [3.63, 3.8) is 0 Å². The van der Waals surface area contributed by atoms with Gasteiger partial charge in [-0.3, -0.25) is 14.9 Å². The summed E-state index contributed by atoms with van der Waals surface area (Å²) in [5, 5.41) is 14.7. The number of amides is 1. The second-order valence-corrected chi connectivity index (χ2v) is 5.05. The van der Waals surface area contributed by atoms with Crippen LogP contribution in [-0.4, -0.2) is 35.6 Å². The Bertz CT molecular complexity index is 267. The third-order valence-corrected chi connectivity index (χ3v) is 2.68. The number of unbranched alkanes of at least 4 members (excludes halogenated alkanes) is 1. The van der Waals surface area contributed by atoms with Crippen LogP contribution in [0.15, 0.2) is 0 Å². The molecule has 0 bridgehead atoms. The van der Waals surface area contributed by atoms with Gasteiger partial charge in [-0.25, -0.2) is 0 Å². The molecule has 0 saturated carbocycles. The lowest BCUT2D eigenvalue weighted by Crippen LogP contribution is -2.50. The van der Waals surface area contributed by atoms with Crippen molar-refractivity contribution < 1.29 is 14.7 Å². The molecule has 0 aliphatic heterocycles. The topological polar surface area (TPSA) is 78.4 Å². The SMILES string of the molecule is CCCCNC(=O)C(C)NC(CC(C)C)C(=O)O. The number of hydrogen-bond donors (Lipinski definition) is 3. The predicted octanol–water partition coefficient (Wildman–Crippen LogP) is 1.38. The number of carboxylic acid groups (broad SMARTS) is 1. The quantitative estimate of drug-likeness (QED) is 0.546. The number of carbonyl (C=O) groups is 2. The number of carboxylic acids is 1. The van der Waals surface area contributed by atoms with E-state index in [-0.39, 0.29) is 11.8 Å². The highest BCUT2D eigenvalue weighted by Crippen LogP contribution is 2.05. The van der Waals surface area contributed by atoms with Crippen LogP contribution in [0.2, 0.25) is 0 Å². The fraction of sp³-hybridized carbons (Fsp3) is 0.846. The Morgan fingerprint density at radius 1 is 1.22 bits per heavy atom. The zero-order valence-corrected chi connectivity index (χ0v) is 11.8. The second kappa shape index (κ2) is 8.91. The molecule has 0 aromatic carbocycles. The van der Waals surface area contributed by atoms with Gasteiger partial charge in [-0.15, -0.1) is 0 Å². The molecule has 3 N–H and O–H groups in total. The molecule has 18 heavy (non-hydrogen) atoms. The minimum Gasteiger partial charge on any atom is -0.480 e. The van der Waals surface area contributed by atoms with Crippen molar-refractivity contribution in [2.24, 2.45) is 5.92 Å². The first-order valence-electron chi connectivity index (χ1n) is 6.65. The van der Waals surface area contributed by atoms with E-state index in [1.165, 1.54) is 0 Å². The lowest BCUT2D eigenvalue weighted by Gasteiger charge is -2.21. The average Bonchev–Trinajstić information content (AvgIpc) is 2.27. The Labute approximate surface area is 109 Å². The van der Waals surface area contributed by atoms with E-state index in [4.69, 9.17) is 5.11 Å². The van der Waals surface area contributed by atoms with Gasteiger partial charge in [-0.05, 0) is 25.7 Å². The number of nitrogens with one attached hydrogen (secondary N) is 2. The highest BCUT2D eigenvalue weighted by atomic mass is 16.4. The predicted molar refractivity (Wildman–Crippen MR) is 71.4 cm³/mol. The smallest absolute Gasteiger partial charge is 0.320 e. The standard InChI is InChI=1S/C13H26N2O3/c1-5-6-7-14-12(16)10(4)15-11(13(17)18)8-9(2)3/h9-11,15H,5-8H2,1-4H3,(H,14,16)(H,17,18). The van der Waals surface area contributed by atoms with Crippen molar-refractivity contribution in [3.05, 3.63) is 0 Å². The molecule has 0 aromatic rings. The van der Waals surface area contributed by atoms with Crippen molar-refractivity contribution in [2.45, 2.75) is 59.0 Å². The summed E-state index contributed by atoms with van der Waals surface area (Å²) >= 11 is 0. The van der Waals surface area contributed by atoms with Crippen LogP contribution in [0.3, 0.4) is 0 Å². The molecule has 5 heteroatoms. The Morgan fingerprint density at radius 3 is 2.28 bits per heavy atom. The van der Waals surface area contributed by atoms with Crippen LogP contribution in [0.5, 0.6) is 0 Å². The summed E-state index contributed by atoms with van der Waals surface area (Å²) in [7, 11) is 0. The van der Waals surface area contributed by atoms with Crippen LogP contribution in [0.4, 0.5) is 0 Å². The molecule has 106 valence electrons. The molecule has 0 aromatic heterocycles. The van der Waals surface area contributed by atoms with Gasteiger partial charge in [-0.2, -0.15) is 0 Å². The third kappa shape index (κ3) is 7.27. The molecular formula is C13H26N2O3. The molecule has 0 aliphatic carbocycles. The Morgan fingerprint density at radius 2 is 1.83 bits per heavy atom. The van der Waals surface area contributed by atoms with Gasteiger partial charge in [0.15, 0.2) is 0 Å². The van der Waals surface area contributed by atoms with E-state index in [1.807, 2.05) is 13.8 Å². The van der Waals surface area contributed by atoms with Crippen LogP contribution < -0.4 is 10.6 Å². The lowest BCUT2D eigenvalue weighted by molar-refractivity contribution is -0.140. The Balaban J connectivity index is 4.19. The summed E-state index contributed by atoms with van der Waals surface area (Å²) in [5.74, 6) is -0.774. The van der Waals surface area contributed by atoms with Crippen molar-refractivity contribution in [2.75, 3.05) is 6.54 Å². The van der Waals surface area contributed by atoms with E-state index < -0.39 is 18.1 Å². The highest BCUT2D eigenvalue weighted by Gasteiger charge is 2.23. The molecular weight excluding hydrogens is 232 g/mol. The fourth-order valence-electron chi connectivity index (χ4n) is 1.63. The molecule has 0 fully saturated rings. The maximum absolute atomic E-state index is 11.7. The zero-order valence-electron chi connectivity index (χ0n) is 11.8. The van der Waals surface area contributed by atoms with Crippen LogP contribution in [0.1, 0.15) is 47.0 Å². The zero-order chi connectivity index (χ0) is 14.1. The van der Waals surface area contributed by atoms with Gasteiger partial charge >= 0.3 is 5.97 Å². The van der Waals surface area contributed by atoms with Crippen LogP contribution >= 0.6 is 0 Å². The Kier molecular flexibility index (Phi) is 8.37. The van der Waals surface area contributed by atoms with Gasteiger partial charge in [0.1, 0.15) is 6.04 Å². The monoisotopic (exact) mass is 258 g/mol. The maximum atomic E-state index is 11.7. The van der Waals surface area contributed by atoms with Gasteiger partial charge < -0.3 is 10.4 Å². The molecule has 5 nitrogen and oxygen atoms in total.